The minimum Gasteiger partial charge on any atom is -0.495 e. The van der Waals surface area contributed by atoms with Crippen LogP contribution in [0.3, 0.4) is 0 Å². The number of para-hydroxylation sites is 2. The molecule has 5 nitrogen and oxygen atoms in total. The quantitative estimate of drug-likeness (QED) is 0.880. The number of nitrogens with one attached hydrogen (secondary N) is 1. The molecule has 0 radical (unpaired) electrons. The molecule has 0 saturated carbocycles. The summed E-state index contributed by atoms with van der Waals surface area (Å²) in [5, 5.41) is 12.6. The van der Waals surface area contributed by atoms with Gasteiger partial charge in [0.1, 0.15) is 5.75 Å². The maximum Gasteiger partial charge on any atom is 0.308 e. The van der Waals surface area contributed by atoms with E-state index >= 15 is 0 Å². The first kappa shape index (κ1) is 13.4. The number of hydrogen-bond acceptors (Lipinski definition) is 5. The molecule has 0 bridgehead atoms. The third-order valence-corrected chi connectivity index (χ3v) is 3.63. The van der Waals surface area contributed by atoms with Crippen LogP contribution in [-0.4, -0.2) is 23.2 Å². The van der Waals surface area contributed by atoms with Crippen molar-refractivity contribution >= 4 is 28.1 Å². The molecular formula is C13H14N2O3S. The van der Waals surface area contributed by atoms with E-state index in [9.17, 15) is 4.79 Å². The Balaban J connectivity index is 2.21. The Morgan fingerprint density at radius 2 is 2.21 bits per heavy atom. The van der Waals surface area contributed by atoms with E-state index in [0.29, 0.717) is 5.13 Å². The van der Waals surface area contributed by atoms with Gasteiger partial charge in [-0.3, -0.25) is 4.79 Å². The molecule has 1 heterocycles. The second kappa shape index (κ2) is 5.71. The van der Waals surface area contributed by atoms with Crippen LogP contribution in [0.25, 0.3) is 0 Å². The number of rotatable bonds is 5. The Hall–Kier alpha value is -2.08. The van der Waals surface area contributed by atoms with Gasteiger partial charge in [0.05, 0.1) is 24.9 Å². The molecule has 2 N–H and O–H groups in total. The molecule has 2 rings (SSSR count). The topological polar surface area (TPSA) is 71.5 Å². The van der Waals surface area contributed by atoms with Crippen LogP contribution in [0.4, 0.5) is 10.8 Å². The van der Waals surface area contributed by atoms with Crippen LogP contribution in [0.1, 0.15) is 10.6 Å². The third-order valence-electron chi connectivity index (χ3n) is 2.55. The van der Waals surface area contributed by atoms with Crippen molar-refractivity contribution in [3.05, 3.63) is 34.8 Å². The first-order valence-electron chi connectivity index (χ1n) is 5.68. The van der Waals surface area contributed by atoms with Gasteiger partial charge in [-0.25, -0.2) is 4.98 Å². The molecule has 0 aliphatic carbocycles. The van der Waals surface area contributed by atoms with Crippen molar-refractivity contribution in [2.45, 2.75) is 13.3 Å². The summed E-state index contributed by atoms with van der Waals surface area (Å²) >= 11 is 1.34. The number of hydrogen-bond donors (Lipinski definition) is 2. The second-order valence-corrected chi connectivity index (χ2v) is 5.01. The lowest BCUT2D eigenvalue weighted by Crippen LogP contribution is -1.99. The maximum absolute atomic E-state index is 10.7. The molecular weight excluding hydrogens is 264 g/mol. The van der Waals surface area contributed by atoms with Crippen molar-refractivity contribution in [1.29, 1.82) is 0 Å². The summed E-state index contributed by atoms with van der Waals surface area (Å²) in [7, 11) is 1.60. The van der Waals surface area contributed by atoms with Gasteiger partial charge in [0.15, 0.2) is 5.13 Å². The van der Waals surface area contributed by atoms with Crippen LogP contribution in [0.5, 0.6) is 5.75 Å². The summed E-state index contributed by atoms with van der Waals surface area (Å²) in [6.45, 7) is 1.81. The van der Waals surface area contributed by atoms with Gasteiger partial charge in [0.25, 0.3) is 0 Å². The monoisotopic (exact) mass is 278 g/mol. The zero-order valence-electron chi connectivity index (χ0n) is 10.6. The number of carboxylic acid groups (broad SMARTS) is 1. The number of aliphatic carboxylic acids is 1. The second-order valence-electron chi connectivity index (χ2n) is 3.92. The Morgan fingerprint density at radius 3 is 2.89 bits per heavy atom. The Kier molecular flexibility index (Phi) is 4.01. The Bertz CT molecular complexity index is 595. The molecule has 1 aromatic carbocycles. The zero-order valence-corrected chi connectivity index (χ0v) is 11.5. The number of ether oxygens (including phenoxy) is 1. The number of carboxylic acids is 1. The van der Waals surface area contributed by atoms with E-state index in [-0.39, 0.29) is 6.42 Å². The van der Waals surface area contributed by atoms with Crippen LogP contribution in [-0.2, 0) is 11.2 Å². The van der Waals surface area contributed by atoms with E-state index in [1.54, 1.807) is 7.11 Å². The normalized spacial score (nSPS) is 10.2. The van der Waals surface area contributed by atoms with Crippen molar-refractivity contribution in [3.8, 4) is 5.75 Å². The van der Waals surface area contributed by atoms with E-state index in [1.165, 1.54) is 11.3 Å². The van der Waals surface area contributed by atoms with Gasteiger partial charge >= 0.3 is 5.97 Å². The van der Waals surface area contributed by atoms with Crippen LogP contribution in [0, 0.1) is 6.92 Å². The van der Waals surface area contributed by atoms with Gasteiger partial charge in [0, 0.05) is 4.88 Å². The number of nitrogens with zero attached hydrogens (tertiary/aromatic N) is 1. The number of aromatic nitrogens is 1. The van der Waals surface area contributed by atoms with E-state index in [0.717, 1.165) is 22.0 Å². The predicted octanol–water partition coefficient (Wildman–Crippen LogP) is 2.83. The first-order valence-corrected chi connectivity index (χ1v) is 6.50. The highest BCUT2D eigenvalue weighted by molar-refractivity contribution is 7.15. The SMILES string of the molecule is COc1ccccc1Nc1nc(C)c(CC(=O)O)s1. The molecule has 1 aromatic heterocycles. The molecule has 100 valence electrons. The number of methoxy groups -OCH3 is 1. The van der Waals surface area contributed by atoms with Gasteiger partial charge in [0.2, 0.25) is 0 Å². The Labute approximate surface area is 114 Å². The van der Waals surface area contributed by atoms with E-state index in [4.69, 9.17) is 9.84 Å². The molecule has 0 aliphatic rings. The predicted molar refractivity (Wildman–Crippen MR) is 74.5 cm³/mol. The summed E-state index contributed by atoms with van der Waals surface area (Å²) in [4.78, 5) is 15.8. The van der Waals surface area contributed by atoms with Gasteiger partial charge in [-0.05, 0) is 19.1 Å². The summed E-state index contributed by atoms with van der Waals surface area (Å²) < 4.78 is 5.24. The van der Waals surface area contributed by atoms with E-state index in [2.05, 4.69) is 10.3 Å². The van der Waals surface area contributed by atoms with Crippen molar-refractivity contribution < 1.29 is 14.6 Å². The van der Waals surface area contributed by atoms with Crippen molar-refractivity contribution in [2.75, 3.05) is 12.4 Å². The van der Waals surface area contributed by atoms with Gasteiger partial charge in [-0.1, -0.05) is 12.1 Å². The summed E-state index contributed by atoms with van der Waals surface area (Å²) in [6.07, 6.45) is -0.00287. The van der Waals surface area contributed by atoms with Crippen LogP contribution < -0.4 is 10.1 Å². The molecule has 6 heteroatoms. The lowest BCUT2D eigenvalue weighted by atomic mass is 10.3. The third kappa shape index (κ3) is 3.23. The highest BCUT2D eigenvalue weighted by Gasteiger charge is 2.12. The fourth-order valence-electron chi connectivity index (χ4n) is 1.65. The molecule has 0 saturated heterocycles. The number of benzene rings is 1. The number of aryl methyl sites for hydroxylation is 1. The smallest absolute Gasteiger partial charge is 0.308 e. The lowest BCUT2D eigenvalue weighted by Gasteiger charge is -2.07. The number of carbonyl (C=O) groups is 1. The molecule has 0 spiro atoms. The standard InChI is InChI=1S/C13H14N2O3S/c1-8-11(7-12(16)17)19-13(14-8)15-9-5-3-4-6-10(9)18-2/h3-6H,7H2,1-2H3,(H,14,15)(H,16,17). The van der Waals surface area contributed by atoms with Crippen LogP contribution >= 0.6 is 11.3 Å². The van der Waals surface area contributed by atoms with Crippen LogP contribution in [0.2, 0.25) is 0 Å². The van der Waals surface area contributed by atoms with Crippen molar-refractivity contribution in [1.82, 2.24) is 4.98 Å². The summed E-state index contributed by atoms with van der Waals surface area (Å²) in [6, 6.07) is 7.50. The molecule has 0 aliphatic heterocycles. The minimum atomic E-state index is -0.851. The fourth-order valence-corrected chi connectivity index (χ4v) is 2.61. The highest BCUT2D eigenvalue weighted by atomic mass is 32.1. The summed E-state index contributed by atoms with van der Waals surface area (Å²) in [5.41, 5.74) is 1.55. The average molecular weight is 278 g/mol. The molecule has 2 aromatic rings. The molecule has 0 atom stereocenters. The van der Waals surface area contributed by atoms with E-state index < -0.39 is 5.97 Å². The molecule has 0 amide bonds. The zero-order chi connectivity index (χ0) is 13.8. The highest BCUT2D eigenvalue weighted by Crippen LogP contribution is 2.30. The van der Waals surface area contributed by atoms with Gasteiger partial charge in [-0.15, -0.1) is 11.3 Å². The summed E-state index contributed by atoms with van der Waals surface area (Å²) in [5.74, 6) is -0.134. The van der Waals surface area contributed by atoms with Crippen molar-refractivity contribution in [2.24, 2.45) is 0 Å². The van der Waals surface area contributed by atoms with Gasteiger partial charge in [-0.2, -0.15) is 0 Å². The number of anilines is 2. The molecule has 19 heavy (non-hydrogen) atoms. The average Bonchev–Trinajstić information content (AvgIpc) is 2.69. The lowest BCUT2D eigenvalue weighted by molar-refractivity contribution is -0.136. The van der Waals surface area contributed by atoms with Crippen molar-refractivity contribution in [3.63, 3.8) is 0 Å². The largest absolute Gasteiger partial charge is 0.495 e. The molecule has 0 unspecified atom stereocenters. The minimum absolute atomic E-state index is 0.00287. The maximum atomic E-state index is 10.7. The van der Waals surface area contributed by atoms with Crippen LogP contribution in [0.15, 0.2) is 24.3 Å². The fraction of sp³-hybridized carbons (Fsp3) is 0.231. The first-order chi connectivity index (χ1) is 9.10. The van der Waals surface area contributed by atoms with E-state index in [1.807, 2.05) is 31.2 Å². The number of thiazole rings is 1. The van der Waals surface area contributed by atoms with Gasteiger partial charge < -0.3 is 15.2 Å². The Morgan fingerprint density at radius 1 is 1.47 bits per heavy atom. The molecule has 0 fully saturated rings.